The normalized spacial score (nSPS) is 11.2. The molecule has 0 atom stereocenters. The average molecular weight is 429 g/mol. The summed E-state index contributed by atoms with van der Waals surface area (Å²) in [6.45, 7) is 5.98. The second-order valence-corrected chi connectivity index (χ2v) is 8.35. The van der Waals surface area contributed by atoms with E-state index in [1.807, 2.05) is 45.0 Å². The number of hydrogen-bond donors (Lipinski definition) is 3. The lowest BCUT2D eigenvalue weighted by atomic mass is 9.93. The summed E-state index contributed by atoms with van der Waals surface area (Å²) < 4.78 is 5.26. The highest BCUT2D eigenvalue weighted by Crippen LogP contribution is 2.24. The van der Waals surface area contributed by atoms with Crippen molar-refractivity contribution in [2.24, 2.45) is 0 Å². The summed E-state index contributed by atoms with van der Waals surface area (Å²) in [6, 6.07) is 17.4. The zero-order chi connectivity index (χ0) is 22.7. The zero-order valence-electron chi connectivity index (χ0n) is 18.0. The van der Waals surface area contributed by atoms with Gasteiger partial charge in [0.15, 0.2) is 5.82 Å². The van der Waals surface area contributed by atoms with Crippen LogP contribution in [0.15, 0.2) is 71.4 Å². The van der Waals surface area contributed by atoms with Gasteiger partial charge in [-0.15, -0.1) is 0 Å². The van der Waals surface area contributed by atoms with Crippen LogP contribution in [0.3, 0.4) is 0 Å². The molecule has 2 aromatic heterocycles. The first kappa shape index (κ1) is 21.0. The summed E-state index contributed by atoms with van der Waals surface area (Å²) in [6.07, 6.45) is 1.55. The smallest absolute Gasteiger partial charge is 0.324 e. The number of amides is 3. The van der Waals surface area contributed by atoms with Crippen molar-refractivity contribution in [3.05, 3.63) is 78.2 Å². The minimum atomic E-state index is -0.446. The Morgan fingerprint density at radius 1 is 0.875 bits per heavy atom. The SMILES string of the molecule is CC(C)(C)c1cc(NC(=O)Nc2ccc(NC(=O)c3cnc4ccccc4c3)cc2)no1. The van der Waals surface area contributed by atoms with Crippen LogP contribution in [0.25, 0.3) is 10.9 Å². The highest BCUT2D eigenvalue weighted by molar-refractivity contribution is 6.06. The molecule has 162 valence electrons. The van der Waals surface area contributed by atoms with Crippen LogP contribution in [-0.2, 0) is 5.41 Å². The topological polar surface area (TPSA) is 109 Å². The standard InChI is InChI=1S/C24H23N5O3/c1-24(2,3)20-13-21(29-32-20)28-23(31)27-18-10-8-17(9-11-18)26-22(30)16-12-15-6-4-5-7-19(15)25-14-16/h4-14H,1-3H3,(H,26,30)(H2,27,28,29,31). The molecular weight excluding hydrogens is 406 g/mol. The lowest BCUT2D eigenvalue weighted by molar-refractivity contribution is 0.102. The molecule has 3 amide bonds. The van der Waals surface area contributed by atoms with Crippen LogP contribution in [-0.4, -0.2) is 22.1 Å². The van der Waals surface area contributed by atoms with E-state index < -0.39 is 6.03 Å². The van der Waals surface area contributed by atoms with Crippen molar-refractivity contribution in [3.8, 4) is 0 Å². The van der Waals surface area contributed by atoms with E-state index in [1.165, 1.54) is 0 Å². The van der Waals surface area contributed by atoms with E-state index >= 15 is 0 Å². The second-order valence-electron chi connectivity index (χ2n) is 8.35. The number of hydrogen-bond acceptors (Lipinski definition) is 5. The molecule has 2 aromatic carbocycles. The summed E-state index contributed by atoms with van der Waals surface area (Å²) in [5, 5.41) is 12.9. The van der Waals surface area contributed by atoms with Gasteiger partial charge in [-0.25, -0.2) is 4.79 Å². The van der Waals surface area contributed by atoms with E-state index in [0.29, 0.717) is 28.5 Å². The Bertz CT molecular complexity index is 1270. The van der Waals surface area contributed by atoms with Gasteiger partial charge in [0.25, 0.3) is 5.91 Å². The summed E-state index contributed by atoms with van der Waals surface area (Å²) in [5.41, 5.74) is 2.26. The van der Waals surface area contributed by atoms with Gasteiger partial charge < -0.3 is 15.2 Å². The molecule has 32 heavy (non-hydrogen) atoms. The number of pyridine rings is 1. The van der Waals surface area contributed by atoms with Crippen molar-refractivity contribution in [1.82, 2.24) is 10.1 Å². The maximum atomic E-state index is 12.5. The van der Waals surface area contributed by atoms with E-state index in [0.717, 1.165) is 10.9 Å². The number of rotatable bonds is 4. The number of nitrogens with one attached hydrogen (secondary N) is 3. The van der Waals surface area contributed by atoms with Gasteiger partial charge >= 0.3 is 6.03 Å². The fraction of sp³-hybridized carbons (Fsp3) is 0.167. The van der Waals surface area contributed by atoms with Crippen molar-refractivity contribution >= 4 is 40.0 Å². The molecule has 4 rings (SSSR count). The van der Waals surface area contributed by atoms with Crippen LogP contribution in [0.2, 0.25) is 0 Å². The quantitative estimate of drug-likeness (QED) is 0.401. The lowest BCUT2D eigenvalue weighted by Gasteiger charge is -2.12. The maximum Gasteiger partial charge on any atom is 0.324 e. The first-order valence-electron chi connectivity index (χ1n) is 10.1. The van der Waals surface area contributed by atoms with Gasteiger partial charge in [-0.2, -0.15) is 0 Å². The number of carbonyl (C=O) groups is 2. The molecular formula is C24H23N5O3. The van der Waals surface area contributed by atoms with Gasteiger partial charge in [0.2, 0.25) is 0 Å². The summed E-state index contributed by atoms with van der Waals surface area (Å²) >= 11 is 0. The van der Waals surface area contributed by atoms with Crippen LogP contribution in [0.5, 0.6) is 0 Å². The largest absolute Gasteiger partial charge is 0.359 e. The van der Waals surface area contributed by atoms with Crippen molar-refractivity contribution in [3.63, 3.8) is 0 Å². The van der Waals surface area contributed by atoms with Crippen LogP contribution < -0.4 is 16.0 Å². The predicted octanol–water partition coefficient (Wildman–Crippen LogP) is 5.42. The number of carbonyl (C=O) groups excluding carboxylic acids is 2. The van der Waals surface area contributed by atoms with Gasteiger partial charge in [-0.05, 0) is 36.4 Å². The van der Waals surface area contributed by atoms with Gasteiger partial charge in [-0.1, -0.05) is 44.1 Å². The van der Waals surface area contributed by atoms with Crippen LogP contribution in [0, 0.1) is 0 Å². The van der Waals surface area contributed by atoms with E-state index in [1.54, 1.807) is 42.6 Å². The van der Waals surface area contributed by atoms with Gasteiger partial charge in [0.05, 0.1) is 11.1 Å². The number of urea groups is 1. The highest BCUT2D eigenvalue weighted by atomic mass is 16.5. The summed E-state index contributed by atoms with van der Waals surface area (Å²) in [7, 11) is 0. The van der Waals surface area contributed by atoms with E-state index in [-0.39, 0.29) is 11.3 Å². The summed E-state index contributed by atoms with van der Waals surface area (Å²) in [4.78, 5) is 29.1. The Hall–Kier alpha value is -4.20. The average Bonchev–Trinajstić information content (AvgIpc) is 3.23. The number of benzene rings is 2. The molecule has 2 heterocycles. The lowest BCUT2D eigenvalue weighted by Crippen LogP contribution is -2.19. The molecule has 0 aliphatic heterocycles. The third-order valence-corrected chi connectivity index (χ3v) is 4.74. The maximum absolute atomic E-state index is 12.5. The van der Waals surface area contributed by atoms with Gasteiger partial charge in [-0.3, -0.25) is 15.1 Å². The number of nitrogens with zero attached hydrogens (tertiary/aromatic N) is 2. The zero-order valence-corrected chi connectivity index (χ0v) is 18.0. The molecule has 4 aromatic rings. The Morgan fingerprint density at radius 2 is 1.56 bits per heavy atom. The number of aromatic nitrogens is 2. The third kappa shape index (κ3) is 4.92. The Labute approximate surface area is 185 Å². The first-order chi connectivity index (χ1) is 15.3. The Kier molecular flexibility index (Phi) is 5.59. The van der Waals surface area contributed by atoms with Crippen molar-refractivity contribution in [2.75, 3.05) is 16.0 Å². The minimum Gasteiger partial charge on any atom is -0.359 e. The fourth-order valence-corrected chi connectivity index (χ4v) is 3.00. The summed E-state index contributed by atoms with van der Waals surface area (Å²) in [5.74, 6) is 0.747. The number of fused-ring (bicyclic) bond motifs is 1. The molecule has 0 bridgehead atoms. The van der Waals surface area contributed by atoms with Crippen molar-refractivity contribution < 1.29 is 14.1 Å². The van der Waals surface area contributed by atoms with Gasteiger partial charge in [0.1, 0.15) is 5.76 Å². The van der Waals surface area contributed by atoms with E-state index in [9.17, 15) is 9.59 Å². The second kappa shape index (κ2) is 8.50. The number of para-hydroxylation sites is 1. The predicted molar refractivity (Wildman–Crippen MR) is 124 cm³/mol. The number of anilines is 3. The molecule has 0 spiro atoms. The highest BCUT2D eigenvalue weighted by Gasteiger charge is 2.20. The van der Waals surface area contributed by atoms with E-state index in [4.69, 9.17) is 4.52 Å². The molecule has 0 unspecified atom stereocenters. The molecule has 0 saturated carbocycles. The molecule has 8 nitrogen and oxygen atoms in total. The molecule has 0 radical (unpaired) electrons. The minimum absolute atomic E-state index is 0.202. The fourth-order valence-electron chi connectivity index (χ4n) is 3.00. The van der Waals surface area contributed by atoms with Crippen molar-refractivity contribution in [1.29, 1.82) is 0 Å². The molecule has 0 aliphatic rings. The molecule has 0 fully saturated rings. The van der Waals surface area contributed by atoms with Crippen LogP contribution in [0.1, 0.15) is 36.9 Å². The van der Waals surface area contributed by atoms with Crippen LogP contribution in [0.4, 0.5) is 22.0 Å². The Balaban J connectivity index is 1.35. The molecule has 0 saturated heterocycles. The monoisotopic (exact) mass is 429 g/mol. The third-order valence-electron chi connectivity index (χ3n) is 4.74. The Morgan fingerprint density at radius 3 is 2.25 bits per heavy atom. The first-order valence-corrected chi connectivity index (χ1v) is 10.1. The van der Waals surface area contributed by atoms with E-state index in [2.05, 4.69) is 26.1 Å². The molecule has 0 aliphatic carbocycles. The van der Waals surface area contributed by atoms with Gasteiger partial charge in [0, 0.05) is 34.4 Å². The molecule has 8 heteroatoms. The van der Waals surface area contributed by atoms with Crippen LogP contribution >= 0.6 is 0 Å². The molecule has 3 N–H and O–H groups in total. The van der Waals surface area contributed by atoms with Crippen molar-refractivity contribution in [2.45, 2.75) is 26.2 Å².